The average Bonchev–Trinajstić information content (AvgIpc) is 2.70. The number of benzene rings is 1. The Kier molecular flexibility index (Phi) is 2.14. The summed E-state index contributed by atoms with van der Waals surface area (Å²) in [5.74, 6) is 0. The Morgan fingerprint density at radius 2 is 2.25 bits per heavy atom. The van der Waals surface area contributed by atoms with E-state index < -0.39 is 0 Å². The van der Waals surface area contributed by atoms with Crippen molar-refractivity contribution in [3.05, 3.63) is 30.5 Å². The van der Waals surface area contributed by atoms with Crippen molar-refractivity contribution in [3.8, 4) is 0 Å². The lowest BCUT2D eigenvalue weighted by Gasteiger charge is -2.38. The third kappa shape index (κ3) is 1.67. The van der Waals surface area contributed by atoms with Crippen LogP contribution in [0.4, 0.5) is 5.69 Å². The topological polar surface area (TPSA) is 37.0 Å². The van der Waals surface area contributed by atoms with E-state index in [1.54, 1.807) is 0 Å². The van der Waals surface area contributed by atoms with Crippen LogP contribution in [-0.2, 0) is 4.74 Å². The fourth-order valence-electron chi connectivity index (χ4n) is 2.03. The van der Waals surface area contributed by atoms with E-state index in [1.807, 2.05) is 6.20 Å². The summed E-state index contributed by atoms with van der Waals surface area (Å²) >= 11 is 0. The van der Waals surface area contributed by atoms with Crippen molar-refractivity contribution in [1.29, 1.82) is 0 Å². The Hall–Kier alpha value is -1.48. The van der Waals surface area contributed by atoms with E-state index >= 15 is 0 Å². The lowest BCUT2D eigenvalue weighted by Crippen LogP contribution is -2.45. The largest absolute Gasteiger partial charge is 0.384 e. The molecule has 2 heterocycles. The summed E-state index contributed by atoms with van der Waals surface area (Å²) < 4.78 is 5.24. The Morgan fingerprint density at radius 1 is 1.38 bits per heavy atom. The van der Waals surface area contributed by atoms with E-state index in [1.165, 1.54) is 16.6 Å². The molecule has 84 valence electrons. The van der Waals surface area contributed by atoms with Gasteiger partial charge in [-0.25, -0.2) is 0 Å². The summed E-state index contributed by atoms with van der Waals surface area (Å²) in [6.07, 6.45) is 1.97. The second-order valence-electron chi connectivity index (χ2n) is 4.94. The van der Waals surface area contributed by atoms with Crippen molar-refractivity contribution in [1.82, 2.24) is 4.98 Å². The third-order valence-electron chi connectivity index (χ3n) is 3.17. The highest BCUT2D eigenvalue weighted by Gasteiger charge is 2.32. The zero-order valence-corrected chi connectivity index (χ0v) is 9.42. The quantitative estimate of drug-likeness (QED) is 0.827. The molecule has 1 fully saturated rings. The molecule has 0 bridgehead atoms. The lowest BCUT2D eigenvalue weighted by atomic mass is 9.88. The standard InChI is InChI=1S/C13H16N2O/c1-13(8-16-9-13)7-15-11-2-3-12-10(6-11)4-5-14-12/h2-6,14-15H,7-9H2,1H3. The van der Waals surface area contributed by atoms with Gasteiger partial charge in [-0.05, 0) is 24.3 Å². The molecule has 1 aromatic carbocycles. The van der Waals surface area contributed by atoms with Gasteiger partial charge in [-0.15, -0.1) is 0 Å². The minimum absolute atomic E-state index is 0.313. The minimum Gasteiger partial charge on any atom is -0.384 e. The highest BCUT2D eigenvalue weighted by Crippen LogP contribution is 2.27. The number of fused-ring (bicyclic) bond motifs is 1. The summed E-state index contributed by atoms with van der Waals surface area (Å²) in [4.78, 5) is 3.19. The fourth-order valence-corrected chi connectivity index (χ4v) is 2.03. The zero-order valence-electron chi connectivity index (χ0n) is 9.42. The molecule has 3 heteroatoms. The van der Waals surface area contributed by atoms with E-state index in [0.29, 0.717) is 5.41 Å². The number of ether oxygens (including phenoxy) is 1. The number of rotatable bonds is 3. The lowest BCUT2D eigenvalue weighted by molar-refractivity contribution is -0.0924. The summed E-state index contributed by atoms with van der Waals surface area (Å²) in [7, 11) is 0. The summed E-state index contributed by atoms with van der Waals surface area (Å²) in [6.45, 7) is 4.96. The van der Waals surface area contributed by atoms with Crippen molar-refractivity contribution in [2.24, 2.45) is 5.41 Å². The van der Waals surface area contributed by atoms with E-state index in [2.05, 4.69) is 41.5 Å². The first-order chi connectivity index (χ1) is 7.75. The molecule has 3 nitrogen and oxygen atoms in total. The molecule has 1 aliphatic rings. The molecule has 0 spiro atoms. The molecule has 0 unspecified atom stereocenters. The first kappa shape index (κ1) is 9.73. The predicted octanol–water partition coefficient (Wildman–Crippen LogP) is 2.62. The van der Waals surface area contributed by atoms with Crippen molar-refractivity contribution in [2.75, 3.05) is 25.1 Å². The van der Waals surface area contributed by atoms with Crippen LogP contribution < -0.4 is 5.32 Å². The van der Waals surface area contributed by atoms with Gasteiger partial charge in [0.15, 0.2) is 0 Å². The maximum absolute atomic E-state index is 5.24. The molecule has 3 rings (SSSR count). The van der Waals surface area contributed by atoms with Gasteiger partial charge < -0.3 is 15.0 Å². The van der Waals surface area contributed by atoms with Gasteiger partial charge in [-0.2, -0.15) is 0 Å². The van der Waals surface area contributed by atoms with E-state index in [4.69, 9.17) is 4.74 Å². The molecule has 16 heavy (non-hydrogen) atoms. The smallest absolute Gasteiger partial charge is 0.0559 e. The monoisotopic (exact) mass is 216 g/mol. The number of hydrogen-bond acceptors (Lipinski definition) is 2. The highest BCUT2D eigenvalue weighted by atomic mass is 16.5. The molecule has 0 atom stereocenters. The Bertz CT molecular complexity index is 499. The number of H-pyrrole nitrogens is 1. The fraction of sp³-hybridized carbons (Fsp3) is 0.385. The number of aromatic amines is 1. The Morgan fingerprint density at radius 3 is 3.00 bits per heavy atom. The van der Waals surface area contributed by atoms with Crippen LogP contribution in [0.1, 0.15) is 6.92 Å². The Labute approximate surface area is 94.8 Å². The van der Waals surface area contributed by atoms with Crippen molar-refractivity contribution < 1.29 is 4.74 Å². The van der Waals surface area contributed by atoms with Gasteiger partial charge in [-0.3, -0.25) is 0 Å². The Balaban J connectivity index is 1.73. The van der Waals surface area contributed by atoms with Gasteiger partial charge in [0.2, 0.25) is 0 Å². The first-order valence-electron chi connectivity index (χ1n) is 5.64. The van der Waals surface area contributed by atoms with Gasteiger partial charge in [0.05, 0.1) is 13.2 Å². The van der Waals surface area contributed by atoms with Gasteiger partial charge in [-0.1, -0.05) is 6.92 Å². The number of aromatic nitrogens is 1. The molecule has 2 N–H and O–H groups in total. The van der Waals surface area contributed by atoms with Gasteiger partial charge in [0.1, 0.15) is 0 Å². The summed E-state index contributed by atoms with van der Waals surface area (Å²) in [6, 6.07) is 8.49. The van der Waals surface area contributed by atoms with Crippen LogP contribution >= 0.6 is 0 Å². The number of hydrogen-bond donors (Lipinski definition) is 2. The highest BCUT2D eigenvalue weighted by molar-refractivity contribution is 5.82. The van der Waals surface area contributed by atoms with Gasteiger partial charge in [0, 0.05) is 34.7 Å². The van der Waals surface area contributed by atoms with E-state index in [0.717, 1.165) is 19.8 Å². The van der Waals surface area contributed by atoms with Crippen molar-refractivity contribution >= 4 is 16.6 Å². The van der Waals surface area contributed by atoms with Crippen LogP contribution in [0, 0.1) is 5.41 Å². The average molecular weight is 216 g/mol. The van der Waals surface area contributed by atoms with Crippen molar-refractivity contribution in [2.45, 2.75) is 6.92 Å². The maximum Gasteiger partial charge on any atom is 0.0559 e. The number of nitrogens with one attached hydrogen (secondary N) is 2. The normalized spacial score (nSPS) is 18.3. The molecule has 1 aliphatic heterocycles. The third-order valence-corrected chi connectivity index (χ3v) is 3.17. The second-order valence-corrected chi connectivity index (χ2v) is 4.94. The van der Waals surface area contributed by atoms with Gasteiger partial charge >= 0.3 is 0 Å². The maximum atomic E-state index is 5.24. The van der Waals surface area contributed by atoms with Crippen LogP contribution in [0.25, 0.3) is 10.9 Å². The molecule has 1 aromatic heterocycles. The molecular weight excluding hydrogens is 200 g/mol. The predicted molar refractivity (Wildman–Crippen MR) is 65.7 cm³/mol. The molecule has 0 saturated carbocycles. The van der Waals surface area contributed by atoms with Crippen LogP contribution in [0.5, 0.6) is 0 Å². The SMILES string of the molecule is CC1(CNc2ccc3[nH]ccc3c2)COC1. The minimum atomic E-state index is 0.313. The molecular formula is C13H16N2O. The summed E-state index contributed by atoms with van der Waals surface area (Å²) in [5.41, 5.74) is 2.68. The van der Waals surface area contributed by atoms with E-state index in [9.17, 15) is 0 Å². The molecule has 2 aromatic rings. The number of anilines is 1. The van der Waals surface area contributed by atoms with Crippen LogP contribution in [0.2, 0.25) is 0 Å². The molecule has 1 saturated heterocycles. The van der Waals surface area contributed by atoms with Crippen LogP contribution in [0.15, 0.2) is 30.5 Å². The molecule has 0 aliphatic carbocycles. The summed E-state index contributed by atoms with van der Waals surface area (Å²) in [5, 5.41) is 4.73. The second kappa shape index (κ2) is 3.52. The van der Waals surface area contributed by atoms with Crippen molar-refractivity contribution in [3.63, 3.8) is 0 Å². The molecule has 0 amide bonds. The van der Waals surface area contributed by atoms with E-state index in [-0.39, 0.29) is 0 Å². The van der Waals surface area contributed by atoms with Crippen LogP contribution in [-0.4, -0.2) is 24.7 Å². The molecule has 0 radical (unpaired) electrons. The zero-order chi connectivity index (χ0) is 11.0. The first-order valence-corrected chi connectivity index (χ1v) is 5.64. The van der Waals surface area contributed by atoms with Crippen LogP contribution in [0.3, 0.4) is 0 Å². The van der Waals surface area contributed by atoms with Gasteiger partial charge in [0.25, 0.3) is 0 Å².